The summed E-state index contributed by atoms with van der Waals surface area (Å²) in [7, 11) is 2.73. The molecule has 38 heavy (non-hydrogen) atoms. The maximum absolute atomic E-state index is 13.6. The van der Waals surface area contributed by atoms with Gasteiger partial charge in [-0.05, 0) is 35.6 Å². The van der Waals surface area contributed by atoms with Crippen molar-refractivity contribution in [3.05, 3.63) is 58.0 Å². The van der Waals surface area contributed by atoms with Gasteiger partial charge in [-0.15, -0.1) is 5.10 Å². The number of hydrogen-bond donors (Lipinski definition) is 1. The van der Waals surface area contributed by atoms with Crippen LogP contribution in [0.1, 0.15) is 37.7 Å². The van der Waals surface area contributed by atoms with Crippen molar-refractivity contribution in [2.75, 3.05) is 20.8 Å². The first-order valence-corrected chi connectivity index (χ1v) is 12.3. The molecule has 0 saturated heterocycles. The van der Waals surface area contributed by atoms with E-state index in [4.69, 9.17) is 21.1 Å². The summed E-state index contributed by atoms with van der Waals surface area (Å²) in [6.45, 7) is 5.58. The zero-order chi connectivity index (χ0) is 27.6. The molecule has 0 aromatic carbocycles. The molecule has 2 aromatic rings. The van der Waals surface area contributed by atoms with E-state index >= 15 is 0 Å². The molecule has 0 bridgehead atoms. The number of nitrogens with zero attached hydrogens (tertiary/aromatic N) is 5. The van der Waals surface area contributed by atoms with Gasteiger partial charge in [0.2, 0.25) is 5.88 Å². The first-order chi connectivity index (χ1) is 18.1. The van der Waals surface area contributed by atoms with Gasteiger partial charge in [-0.1, -0.05) is 36.2 Å². The van der Waals surface area contributed by atoms with Gasteiger partial charge in [0, 0.05) is 18.7 Å². The van der Waals surface area contributed by atoms with Gasteiger partial charge in [0.25, 0.3) is 12.5 Å². The number of nitrogens with one attached hydrogen (secondary N) is 1. The largest absolute Gasteiger partial charge is 0.480 e. The first kappa shape index (κ1) is 26.9. The third-order valence-electron chi connectivity index (χ3n) is 5.91. The van der Waals surface area contributed by atoms with Crippen LogP contribution in [-0.2, 0) is 14.3 Å². The summed E-state index contributed by atoms with van der Waals surface area (Å²) in [6.07, 6.45) is 5.41. The maximum atomic E-state index is 13.6. The highest BCUT2D eigenvalue weighted by Gasteiger charge is 2.39. The number of amides is 1. The van der Waals surface area contributed by atoms with E-state index in [1.54, 1.807) is 25.3 Å². The lowest BCUT2D eigenvalue weighted by Crippen LogP contribution is -2.34. The number of allylic oxidation sites excluding steroid dienone is 3. The number of Topliss-reactive ketones (excluding diaryl/α,β-unsaturated/α-hetero) is 1. The molecule has 3 heterocycles. The summed E-state index contributed by atoms with van der Waals surface area (Å²) >= 11 is 6.32. The van der Waals surface area contributed by atoms with Crippen molar-refractivity contribution in [1.82, 2.24) is 20.1 Å². The third-order valence-corrected chi connectivity index (χ3v) is 6.21. The molecule has 1 unspecified atom stereocenters. The maximum Gasteiger partial charge on any atom is 0.374 e. The minimum absolute atomic E-state index is 0.0748. The Morgan fingerprint density at radius 2 is 2.03 bits per heavy atom. The summed E-state index contributed by atoms with van der Waals surface area (Å²) in [5.74, 6) is -1.00. The Kier molecular flexibility index (Phi) is 7.86. The number of fused-ring (bicyclic) bond motifs is 1. The van der Waals surface area contributed by atoms with Crippen molar-refractivity contribution in [3.8, 4) is 11.7 Å². The smallest absolute Gasteiger partial charge is 0.374 e. The molecule has 0 radical (unpaired) electrons. The first-order valence-electron chi connectivity index (χ1n) is 11.9. The molecule has 0 fully saturated rings. The molecule has 1 aliphatic heterocycles. The second kappa shape index (κ2) is 11.1. The van der Waals surface area contributed by atoms with Crippen LogP contribution in [0.2, 0.25) is 5.02 Å². The lowest BCUT2D eigenvalue weighted by molar-refractivity contribution is -0.516. The molecule has 198 valence electrons. The molecular weight excluding hydrogens is 512 g/mol. The molecule has 11 nitrogen and oxygen atoms in total. The van der Waals surface area contributed by atoms with E-state index in [1.807, 2.05) is 19.9 Å². The van der Waals surface area contributed by atoms with E-state index in [0.29, 0.717) is 22.6 Å². The molecule has 1 amide bonds. The van der Waals surface area contributed by atoms with Crippen LogP contribution in [0, 0.1) is 11.8 Å². The van der Waals surface area contributed by atoms with E-state index in [-0.39, 0.29) is 53.0 Å². The van der Waals surface area contributed by atoms with Crippen molar-refractivity contribution in [1.29, 1.82) is 0 Å². The number of hydrogen-bond acceptors (Lipinski definition) is 8. The number of methoxy groups -OCH3 is 2. The lowest BCUT2D eigenvalue weighted by atomic mass is 9.83. The van der Waals surface area contributed by atoms with Gasteiger partial charge < -0.3 is 14.8 Å². The van der Waals surface area contributed by atoms with Crippen molar-refractivity contribution in [2.45, 2.75) is 27.2 Å². The molecule has 12 heteroatoms. The molecule has 0 spiro atoms. The highest BCUT2D eigenvalue weighted by molar-refractivity contribution is 6.32. The van der Waals surface area contributed by atoms with E-state index in [0.717, 1.165) is 0 Å². The molecule has 1 aliphatic carbocycles. The van der Waals surface area contributed by atoms with E-state index in [1.165, 1.54) is 35.8 Å². The zero-order valence-electron chi connectivity index (χ0n) is 21.7. The molecule has 0 saturated carbocycles. The highest BCUT2D eigenvalue weighted by Crippen LogP contribution is 2.30. The lowest BCUT2D eigenvalue weighted by Gasteiger charge is -2.22. The number of carbonyl (C=O) groups excluding carboxylic acids is 3. The van der Waals surface area contributed by atoms with Gasteiger partial charge in [-0.25, -0.2) is 14.5 Å². The average Bonchev–Trinajstić information content (AvgIpc) is 3.47. The number of carbonyl (C=O) groups is 3. The Morgan fingerprint density at radius 3 is 2.68 bits per heavy atom. The van der Waals surface area contributed by atoms with Gasteiger partial charge in [-0.3, -0.25) is 9.59 Å². The second-order valence-electron chi connectivity index (χ2n) is 9.20. The van der Waals surface area contributed by atoms with Gasteiger partial charge in [-0.2, -0.15) is 0 Å². The fraction of sp³-hybridized carbons (Fsp3) is 0.346. The quantitative estimate of drug-likeness (QED) is 0.383. The van der Waals surface area contributed by atoms with Gasteiger partial charge in [0.1, 0.15) is 17.3 Å². The highest BCUT2D eigenvalue weighted by atomic mass is 35.5. The molecule has 2 aliphatic rings. The summed E-state index contributed by atoms with van der Waals surface area (Å²) in [6, 6.07) is 4.76. The van der Waals surface area contributed by atoms with Crippen LogP contribution in [0.4, 0.5) is 0 Å². The topological polar surface area (TPSA) is 128 Å². The van der Waals surface area contributed by atoms with Gasteiger partial charge >= 0.3 is 5.97 Å². The van der Waals surface area contributed by atoms with Crippen LogP contribution in [0.3, 0.4) is 0 Å². The minimum atomic E-state index is -0.549. The standard InChI is InChI=1S/C26H27ClN6O5/c1-14(2)9-19(34)22-23(15(3)10-16-12-32(31-24(16)22)13-21(35)38-5)29-26(36)18-11-20(37-4)30-33(18)25-17(27)7-6-8-28-25/h6-8,10-12,14,16H,9,13H2,1-5H3/p+1. The van der Waals surface area contributed by atoms with Gasteiger partial charge in [0.05, 0.1) is 30.5 Å². The van der Waals surface area contributed by atoms with Crippen LogP contribution >= 0.6 is 11.6 Å². The number of halogens is 1. The zero-order valence-corrected chi connectivity index (χ0v) is 22.4. The van der Waals surface area contributed by atoms with Crippen molar-refractivity contribution >= 4 is 41.2 Å². The van der Waals surface area contributed by atoms with Crippen LogP contribution in [0.5, 0.6) is 5.88 Å². The van der Waals surface area contributed by atoms with Crippen LogP contribution < -0.4 is 10.1 Å². The summed E-state index contributed by atoms with van der Waals surface area (Å²) < 4.78 is 12.7. The number of pyridine rings is 1. The minimum Gasteiger partial charge on any atom is -0.480 e. The number of esters is 1. The average molecular weight is 540 g/mol. The second-order valence-corrected chi connectivity index (χ2v) is 9.61. The Labute approximate surface area is 224 Å². The Balaban J connectivity index is 1.77. The van der Waals surface area contributed by atoms with Crippen LogP contribution in [-0.4, -0.2) is 69.8 Å². The predicted molar refractivity (Wildman–Crippen MR) is 140 cm³/mol. The number of ketones is 1. The third kappa shape index (κ3) is 5.42. The van der Waals surface area contributed by atoms with E-state index in [2.05, 4.69) is 20.5 Å². The Bertz CT molecular complexity index is 1440. The van der Waals surface area contributed by atoms with Crippen molar-refractivity contribution < 1.29 is 28.5 Å². The Hall–Kier alpha value is -4.12. The molecule has 1 atom stereocenters. The van der Waals surface area contributed by atoms with Crippen molar-refractivity contribution in [2.24, 2.45) is 16.9 Å². The fourth-order valence-electron chi connectivity index (χ4n) is 4.21. The van der Waals surface area contributed by atoms with Crippen molar-refractivity contribution in [3.63, 3.8) is 0 Å². The van der Waals surface area contributed by atoms with Crippen LogP contribution in [0.15, 0.2) is 52.4 Å². The normalized spacial score (nSPS) is 16.5. The molecule has 2 aromatic heterocycles. The summed E-state index contributed by atoms with van der Waals surface area (Å²) in [5.41, 5.74) is 1.88. The molecule has 1 N–H and O–H groups in total. The number of ether oxygens (including phenoxy) is 2. The molecular formula is C26H28ClN6O5+. The number of hydrazone groups is 1. The Morgan fingerprint density at radius 1 is 1.26 bits per heavy atom. The molecule has 4 rings (SSSR count). The predicted octanol–water partition coefficient (Wildman–Crippen LogP) is 2.73. The number of aromatic nitrogens is 3. The van der Waals surface area contributed by atoms with Crippen LogP contribution in [0.25, 0.3) is 5.82 Å². The van der Waals surface area contributed by atoms with E-state index < -0.39 is 11.9 Å². The summed E-state index contributed by atoms with van der Waals surface area (Å²) in [4.78, 5) is 43.2. The van der Waals surface area contributed by atoms with E-state index in [9.17, 15) is 14.4 Å². The summed E-state index contributed by atoms with van der Waals surface area (Å²) in [5, 5.41) is 12.0. The SMILES string of the molecule is COC(=O)C[N+]1=CC2C=C(C)C(NC(=O)c3cc(OC)nn3-c3ncccc3Cl)=C(C(=O)CC(C)C)C2=N1. The van der Waals surface area contributed by atoms with Gasteiger partial charge in [0.15, 0.2) is 17.8 Å². The number of rotatable bonds is 9. The fourth-order valence-corrected chi connectivity index (χ4v) is 4.41. The monoisotopic (exact) mass is 539 g/mol.